The number of rotatable bonds is 1. The Morgan fingerprint density at radius 3 is 2.73 bits per heavy atom. The summed E-state index contributed by atoms with van der Waals surface area (Å²) in [4.78, 5) is 0. The maximum absolute atomic E-state index is 10.7. The minimum absolute atomic E-state index is 0.148. The molecule has 15 heavy (non-hydrogen) atoms. The molecule has 0 aromatic carbocycles. The van der Waals surface area contributed by atoms with Crippen molar-refractivity contribution >= 4 is 0 Å². The van der Waals surface area contributed by atoms with Crippen LogP contribution in [0.4, 0.5) is 0 Å². The molecule has 1 saturated carbocycles. The van der Waals surface area contributed by atoms with E-state index in [1.807, 2.05) is 0 Å². The summed E-state index contributed by atoms with van der Waals surface area (Å²) in [5.41, 5.74) is -0.526. The Morgan fingerprint density at radius 2 is 2.07 bits per heavy atom. The van der Waals surface area contributed by atoms with E-state index >= 15 is 0 Å². The third kappa shape index (κ3) is 1.64. The number of aliphatic hydroxyl groups is 1. The van der Waals surface area contributed by atoms with Crippen LogP contribution < -0.4 is 0 Å². The second-order valence-electron chi connectivity index (χ2n) is 5.22. The van der Waals surface area contributed by atoms with Crippen molar-refractivity contribution in [3.05, 3.63) is 12.2 Å². The Kier molecular flexibility index (Phi) is 2.91. The SMILES string of the molecule is CO[C@H]1[C@@H](C)C=C[C@@H]2CCC[C@@]2(O)[C@H]1C. The van der Waals surface area contributed by atoms with Gasteiger partial charge in [-0.3, -0.25) is 0 Å². The van der Waals surface area contributed by atoms with Crippen molar-refractivity contribution in [1.29, 1.82) is 0 Å². The van der Waals surface area contributed by atoms with Gasteiger partial charge in [0.25, 0.3) is 0 Å². The highest BCUT2D eigenvalue weighted by molar-refractivity contribution is 5.12. The largest absolute Gasteiger partial charge is 0.389 e. The van der Waals surface area contributed by atoms with E-state index in [9.17, 15) is 5.11 Å². The van der Waals surface area contributed by atoms with Crippen LogP contribution in [0.25, 0.3) is 0 Å². The van der Waals surface area contributed by atoms with Crippen LogP contribution in [-0.4, -0.2) is 23.9 Å². The van der Waals surface area contributed by atoms with E-state index in [0.29, 0.717) is 11.8 Å². The molecule has 5 atom stereocenters. The Morgan fingerprint density at radius 1 is 1.33 bits per heavy atom. The summed E-state index contributed by atoms with van der Waals surface area (Å²) < 4.78 is 5.56. The van der Waals surface area contributed by atoms with Crippen LogP contribution in [0, 0.1) is 17.8 Å². The summed E-state index contributed by atoms with van der Waals surface area (Å²) in [6, 6.07) is 0. The molecule has 2 nitrogen and oxygen atoms in total. The molecular formula is C13H22O2. The number of ether oxygens (including phenoxy) is 1. The van der Waals surface area contributed by atoms with Crippen molar-refractivity contribution in [3.8, 4) is 0 Å². The van der Waals surface area contributed by atoms with Crippen molar-refractivity contribution < 1.29 is 9.84 Å². The number of methoxy groups -OCH3 is 1. The first kappa shape index (κ1) is 11.2. The maximum atomic E-state index is 10.7. The van der Waals surface area contributed by atoms with Crippen molar-refractivity contribution in [2.75, 3.05) is 7.11 Å². The molecule has 0 aromatic heterocycles. The van der Waals surface area contributed by atoms with Crippen LogP contribution in [0.3, 0.4) is 0 Å². The zero-order valence-electron chi connectivity index (χ0n) is 9.94. The first-order valence-corrected chi connectivity index (χ1v) is 6.03. The Labute approximate surface area is 92.3 Å². The molecule has 0 aromatic rings. The lowest BCUT2D eigenvalue weighted by molar-refractivity contribution is -0.0943. The molecule has 2 rings (SSSR count). The number of hydrogen-bond acceptors (Lipinski definition) is 2. The lowest BCUT2D eigenvalue weighted by Crippen LogP contribution is -2.45. The van der Waals surface area contributed by atoms with E-state index in [4.69, 9.17) is 4.74 Å². The van der Waals surface area contributed by atoms with Gasteiger partial charge in [0.15, 0.2) is 0 Å². The molecule has 0 saturated heterocycles. The van der Waals surface area contributed by atoms with Gasteiger partial charge in [-0.1, -0.05) is 26.0 Å². The van der Waals surface area contributed by atoms with Crippen molar-refractivity contribution in [2.45, 2.75) is 44.8 Å². The predicted molar refractivity (Wildman–Crippen MR) is 60.6 cm³/mol. The zero-order valence-corrected chi connectivity index (χ0v) is 9.94. The molecule has 0 spiro atoms. The molecule has 1 N–H and O–H groups in total. The summed E-state index contributed by atoms with van der Waals surface area (Å²) >= 11 is 0. The minimum atomic E-state index is -0.526. The quantitative estimate of drug-likeness (QED) is 0.673. The van der Waals surface area contributed by atoms with Gasteiger partial charge in [0.05, 0.1) is 11.7 Å². The molecule has 0 unspecified atom stereocenters. The Balaban J connectivity index is 2.31. The fraction of sp³-hybridized carbons (Fsp3) is 0.846. The molecule has 86 valence electrons. The third-order valence-corrected chi connectivity index (χ3v) is 4.45. The van der Waals surface area contributed by atoms with Crippen LogP contribution in [-0.2, 0) is 4.74 Å². The fourth-order valence-electron chi connectivity index (χ4n) is 3.45. The molecule has 0 amide bonds. The van der Waals surface area contributed by atoms with Crippen molar-refractivity contribution in [1.82, 2.24) is 0 Å². The summed E-state index contributed by atoms with van der Waals surface area (Å²) in [5.74, 6) is 0.967. The predicted octanol–water partition coefficient (Wildman–Crippen LogP) is 2.37. The highest BCUT2D eigenvalue weighted by Gasteiger charge is 2.49. The smallest absolute Gasteiger partial charge is 0.0760 e. The van der Waals surface area contributed by atoms with Crippen LogP contribution in [0.15, 0.2) is 12.2 Å². The first-order chi connectivity index (χ1) is 7.09. The Bertz CT molecular complexity index is 261. The minimum Gasteiger partial charge on any atom is -0.389 e. The van der Waals surface area contributed by atoms with Gasteiger partial charge in [-0.25, -0.2) is 0 Å². The van der Waals surface area contributed by atoms with Gasteiger partial charge in [0.1, 0.15) is 0 Å². The fourth-order valence-corrected chi connectivity index (χ4v) is 3.45. The maximum Gasteiger partial charge on any atom is 0.0760 e. The average molecular weight is 210 g/mol. The normalized spacial score (nSPS) is 50.1. The average Bonchev–Trinajstić information content (AvgIpc) is 2.55. The van der Waals surface area contributed by atoms with E-state index in [-0.39, 0.29) is 12.0 Å². The van der Waals surface area contributed by atoms with Crippen LogP contribution in [0.1, 0.15) is 33.1 Å². The van der Waals surface area contributed by atoms with Crippen LogP contribution in [0.2, 0.25) is 0 Å². The summed E-state index contributed by atoms with van der Waals surface area (Å²) in [5, 5.41) is 10.7. The Hall–Kier alpha value is -0.340. The van der Waals surface area contributed by atoms with Crippen molar-refractivity contribution in [3.63, 3.8) is 0 Å². The van der Waals surface area contributed by atoms with Gasteiger partial charge in [0.2, 0.25) is 0 Å². The molecule has 0 heterocycles. The summed E-state index contributed by atoms with van der Waals surface area (Å²) in [7, 11) is 1.75. The second kappa shape index (κ2) is 3.91. The highest BCUT2D eigenvalue weighted by Crippen LogP contribution is 2.46. The van der Waals surface area contributed by atoms with Crippen LogP contribution >= 0.6 is 0 Å². The molecule has 0 radical (unpaired) electrons. The van der Waals surface area contributed by atoms with Gasteiger partial charge in [-0.15, -0.1) is 0 Å². The van der Waals surface area contributed by atoms with Crippen molar-refractivity contribution in [2.24, 2.45) is 17.8 Å². The van der Waals surface area contributed by atoms with E-state index < -0.39 is 5.60 Å². The molecule has 1 fully saturated rings. The van der Waals surface area contributed by atoms with Gasteiger partial charge in [-0.2, -0.15) is 0 Å². The van der Waals surface area contributed by atoms with E-state index in [1.165, 1.54) is 0 Å². The second-order valence-corrected chi connectivity index (χ2v) is 5.22. The molecule has 2 heteroatoms. The highest BCUT2D eigenvalue weighted by atomic mass is 16.5. The summed E-state index contributed by atoms with van der Waals surface area (Å²) in [6.45, 7) is 4.31. The van der Waals surface area contributed by atoms with Crippen LogP contribution in [0.5, 0.6) is 0 Å². The molecule has 0 bridgehead atoms. The molecular weight excluding hydrogens is 188 g/mol. The lowest BCUT2D eigenvalue weighted by atomic mass is 9.77. The number of fused-ring (bicyclic) bond motifs is 1. The van der Waals surface area contributed by atoms with Gasteiger partial charge >= 0.3 is 0 Å². The molecule has 0 aliphatic heterocycles. The molecule has 2 aliphatic carbocycles. The van der Waals surface area contributed by atoms with E-state index in [0.717, 1.165) is 19.3 Å². The monoisotopic (exact) mass is 210 g/mol. The van der Waals surface area contributed by atoms with Gasteiger partial charge in [0, 0.05) is 24.9 Å². The van der Waals surface area contributed by atoms with E-state index in [1.54, 1.807) is 7.11 Å². The van der Waals surface area contributed by atoms with Gasteiger partial charge < -0.3 is 9.84 Å². The van der Waals surface area contributed by atoms with E-state index in [2.05, 4.69) is 26.0 Å². The third-order valence-electron chi connectivity index (χ3n) is 4.45. The first-order valence-electron chi connectivity index (χ1n) is 6.03. The van der Waals surface area contributed by atoms with Gasteiger partial charge in [-0.05, 0) is 19.3 Å². The molecule has 2 aliphatic rings. The zero-order chi connectivity index (χ0) is 11.1. The summed E-state index contributed by atoms with van der Waals surface area (Å²) in [6.07, 6.45) is 7.78. The standard InChI is InChI=1S/C13H22O2/c1-9-6-7-11-5-4-8-13(11,14)10(2)12(9)15-3/h6-7,9-12,14H,4-5,8H2,1-3H3/t9-,10-,11-,12-,13+/m0/s1. The topological polar surface area (TPSA) is 29.5 Å². The lowest BCUT2D eigenvalue weighted by Gasteiger charge is -2.38. The number of hydrogen-bond donors (Lipinski definition) is 1.